The predicted octanol–water partition coefficient (Wildman–Crippen LogP) is 7.64. The van der Waals surface area contributed by atoms with Crippen LogP contribution in [0.5, 0.6) is 0 Å². The van der Waals surface area contributed by atoms with Crippen LogP contribution in [0, 0.1) is 65.1 Å². The largest absolute Gasteiger partial charge is 0.381 e. The van der Waals surface area contributed by atoms with E-state index in [0.29, 0.717) is 23.9 Å². The van der Waals surface area contributed by atoms with E-state index in [0.717, 1.165) is 23.7 Å². The topological polar surface area (TPSA) is 9.23 Å². The van der Waals surface area contributed by atoms with E-state index in [1.165, 1.54) is 103 Å². The molecule has 0 amide bonds. The summed E-state index contributed by atoms with van der Waals surface area (Å²) in [5.74, 6) is 19.9. The number of hydrogen-bond donors (Lipinski definition) is 0. The highest BCUT2D eigenvalue weighted by Crippen LogP contribution is 2.45. The molecule has 0 radical (unpaired) electrons. The van der Waals surface area contributed by atoms with Crippen molar-refractivity contribution in [1.82, 2.24) is 0 Å². The highest BCUT2D eigenvalue weighted by molar-refractivity contribution is 5.11. The average Bonchev–Trinajstić information content (AvgIpc) is 2.84. The summed E-state index contributed by atoms with van der Waals surface area (Å²) in [5.41, 5.74) is 0. The van der Waals surface area contributed by atoms with E-state index in [2.05, 4.69) is 23.7 Å². The van der Waals surface area contributed by atoms with E-state index in [4.69, 9.17) is 4.74 Å². The first kappa shape index (κ1) is 23.2. The third kappa shape index (κ3) is 6.55. The van der Waals surface area contributed by atoms with E-state index < -0.39 is 0 Å². The summed E-state index contributed by atoms with van der Waals surface area (Å²) in [5, 5.41) is 0. The first-order chi connectivity index (χ1) is 15.2. The Hall–Kier alpha value is -0.920. The number of methoxy groups -OCH3 is 1. The summed E-state index contributed by atoms with van der Waals surface area (Å²) in [4.78, 5) is 0. The molecule has 0 atom stereocenters. The lowest BCUT2D eigenvalue weighted by atomic mass is 9.65. The minimum atomic E-state index is 0.552. The molecule has 4 rings (SSSR count). The second-order valence-electron chi connectivity index (χ2n) is 11.3. The zero-order valence-electron chi connectivity index (χ0n) is 20.3. The molecule has 4 aliphatic rings. The fourth-order valence-corrected chi connectivity index (χ4v) is 7.44. The lowest BCUT2D eigenvalue weighted by Gasteiger charge is -2.41. The third-order valence-electron chi connectivity index (χ3n) is 9.54. The zero-order valence-corrected chi connectivity index (χ0v) is 20.3. The van der Waals surface area contributed by atoms with Gasteiger partial charge in [0.1, 0.15) is 0 Å². The second-order valence-corrected chi connectivity index (χ2v) is 11.3. The molecule has 1 heteroatoms. The van der Waals surface area contributed by atoms with Gasteiger partial charge >= 0.3 is 0 Å². The van der Waals surface area contributed by atoms with Crippen LogP contribution in [0.1, 0.15) is 110 Å². The second kappa shape index (κ2) is 11.8. The molecule has 0 spiro atoms. The Balaban J connectivity index is 1.14. The van der Waals surface area contributed by atoms with Crippen LogP contribution in [-0.4, -0.2) is 13.2 Å². The van der Waals surface area contributed by atoms with Crippen LogP contribution in [-0.2, 0) is 4.74 Å². The van der Waals surface area contributed by atoms with Crippen LogP contribution in [0.2, 0.25) is 0 Å². The molecule has 172 valence electrons. The van der Waals surface area contributed by atoms with E-state index in [1.54, 1.807) is 0 Å². The molecule has 4 aliphatic carbocycles. The SMILES string of the molecule is CC#CC1CCC(C#CC2CCC(C3CCC(C4CCC(OC)CC4)CC3)CC2)CC1. The van der Waals surface area contributed by atoms with Crippen molar-refractivity contribution in [3.8, 4) is 23.7 Å². The third-order valence-corrected chi connectivity index (χ3v) is 9.54. The molecule has 0 unspecified atom stereocenters. The van der Waals surface area contributed by atoms with Crippen molar-refractivity contribution in [2.24, 2.45) is 41.4 Å². The van der Waals surface area contributed by atoms with E-state index >= 15 is 0 Å². The van der Waals surface area contributed by atoms with Crippen molar-refractivity contribution in [2.75, 3.05) is 7.11 Å². The van der Waals surface area contributed by atoms with Crippen LogP contribution >= 0.6 is 0 Å². The van der Waals surface area contributed by atoms with Crippen molar-refractivity contribution < 1.29 is 4.74 Å². The summed E-state index contributed by atoms with van der Waals surface area (Å²) in [6, 6.07) is 0. The Bertz CT molecular complexity index is 640. The Kier molecular flexibility index (Phi) is 8.85. The van der Waals surface area contributed by atoms with Crippen molar-refractivity contribution in [1.29, 1.82) is 0 Å². The maximum atomic E-state index is 5.58. The molecule has 1 nitrogen and oxygen atoms in total. The lowest BCUT2D eigenvalue weighted by molar-refractivity contribution is 0.0359. The molecule has 0 bridgehead atoms. The number of ether oxygens (including phenoxy) is 1. The summed E-state index contributed by atoms with van der Waals surface area (Å²) in [6.07, 6.45) is 22.8. The average molecular weight is 423 g/mol. The van der Waals surface area contributed by atoms with Gasteiger partial charge in [0.2, 0.25) is 0 Å². The molecule has 0 aromatic carbocycles. The predicted molar refractivity (Wildman–Crippen MR) is 130 cm³/mol. The van der Waals surface area contributed by atoms with Gasteiger partial charge in [-0.25, -0.2) is 0 Å². The Morgan fingerprint density at radius 2 is 0.774 bits per heavy atom. The zero-order chi connectivity index (χ0) is 21.5. The van der Waals surface area contributed by atoms with Crippen LogP contribution in [0.3, 0.4) is 0 Å². The normalized spacial score (nSPS) is 41.4. The van der Waals surface area contributed by atoms with Gasteiger partial charge in [-0.1, -0.05) is 11.8 Å². The first-order valence-electron chi connectivity index (χ1n) is 13.7. The first-order valence-corrected chi connectivity index (χ1v) is 13.7. The summed E-state index contributed by atoms with van der Waals surface area (Å²) in [6.45, 7) is 1.97. The smallest absolute Gasteiger partial charge is 0.0571 e. The molecule has 4 fully saturated rings. The number of hydrogen-bond acceptors (Lipinski definition) is 1. The molecule has 0 N–H and O–H groups in total. The van der Waals surface area contributed by atoms with E-state index in [1.807, 2.05) is 14.0 Å². The minimum absolute atomic E-state index is 0.552. The van der Waals surface area contributed by atoms with Crippen molar-refractivity contribution >= 4 is 0 Å². The molecular formula is C30H46O. The Morgan fingerprint density at radius 1 is 0.452 bits per heavy atom. The minimum Gasteiger partial charge on any atom is -0.381 e. The maximum Gasteiger partial charge on any atom is 0.0571 e. The maximum absolute atomic E-state index is 5.58. The van der Waals surface area contributed by atoms with E-state index in [9.17, 15) is 0 Å². The number of rotatable bonds is 3. The van der Waals surface area contributed by atoms with Crippen molar-refractivity contribution in [2.45, 2.75) is 116 Å². The molecule has 31 heavy (non-hydrogen) atoms. The van der Waals surface area contributed by atoms with Crippen molar-refractivity contribution in [3.63, 3.8) is 0 Å². The highest BCUT2D eigenvalue weighted by atomic mass is 16.5. The molecule has 0 heterocycles. The van der Waals surface area contributed by atoms with Gasteiger partial charge in [0.25, 0.3) is 0 Å². The van der Waals surface area contributed by atoms with Gasteiger partial charge in [0.05, 0.1) is 6.10 Å². The quantitative estimate of drug-likeness (QED) is 0.425. The Labute approximate surface area is 192 Å². The highest BCUT2D eigenvalue weighted by Gasteiger charge is 2.34. The molecular weight excluding hydrogens is 376 g/mol. The van der Waals surface area contributed by atoms with Crippen LogP contribution < -0.4 is 0 Å². The van der Waals surface area contributed by atoms with Gasteiger partial charge in [0.15, 0.2) is 0 Å². The lowest BCUT2D eigenvalue weighted by Crippen LogP contribution is -2.30. The van der Waals surface area contributed by atoms with Crippen molar-refractivity contribution in [3.05, 3.63) is 0 Å². The van der Waals surface area contributed by atoms with Gasteiger partial charge in [-0.15, -0.1) is 11.8 Å². The van der Waals surface area contributed by atoms with Gasteiger partial charge < -0.3 is 4.74 Å². The van der Waals surface area contributed by atoms with E-state index in [-0.39, 0.29) is 0 Å². The fraction of sp³-hybridized carbons (Fsp3) is 0.867. The summed E-state index contributed by atoms with van der Waals surface area (Å²) < 4.78 is 5.58. The van der Waals surface area contributed by atoms with Gasteiger partial charge in [-0.3, -0.25) is 0 Å². The fourth-order valence-electron chi connectivity index (χ4n) is 7.44. The van der Waals surface area contributed by atoms with Gasteiger partial charge in [-0.05, 0) is 133 Å². The van der Waals surface area contributed by atoms with Crippen LogP contribution in [0.4, 0.5) is 0 Å². The summed E-state index contributed by atoms with van der Waals surface area (Å²) >= 11 is 0. The standard InChI is InChI=1S/C30H46O/c1-3-4-23-5-7-24(8-6-23)9-10-25-11-13-26(14-12-25)27-15-17-28(18-16-27)29-19-21-30(31-2)22-20-29/h23-30H,5-8,11-22H2,1-2H3. The molecule has 0 aromatic heterocycles. The van der Waals surface area contributed by atoms with Crippen LogP contribution in [0.15, 0.2) is 0 Å². The molecule has 0 aromatic rings. The van der Waals surface area contributed by atoms with Crippen LogP contribution in [0.25, 0.3) is 0 Å². The summed E-state index contributed by atoms with van der Waals surface area (Å²) in [7, 11) is 1.89. The Morgan fingerprint density at radius 3 is 1.16 bits per heavy atom. The monoisotopic (exact) mass is 422 g/mol. The molecule has 0 saturated heterocycles. The van der Waals surface area contributed by atoms with Gasteiger partial charge in [0, 0.05) is 24.9 Å². The van der Waals surface area contributed by atoms with Gasteiger partial charge in [-0.2, -0.15) is 0 Å². The molecule has 0 aliphatic heterocycles. The molecule has 4 saturated carbocycles.